The molecule has 2 aromatic carbocycles. The van der Waals surface area contributed by atoms with E-state index < -0.39 is 0 Å². The van der Waals surface area contributed by atoms with E-state index in [-0.39, 0.29) is 0 Å². The van der Waals surface area contributed by atoms with Gasteiger partial charge in [-0.3, -0.25) is 0 Å². The highest BCUT2D eigenvalue weighted by atomic mass is 15.0. The molecule has 0 saturated carbocycles. The molecule has 1 nitrogen and oxygen atoms in total. The molecular weight excluding hydrogens is 422 g/mol. The molecule has 1 aliphatic rings. The lowest BCUT2D eigenvalue weighted by molar-refractivity contribution is 0.855. The van der Waals surface area contributed by atoms with Gasteiger partial charge in [-0.1, -0.05) is 122 Å². The molecule has 1 aromatic heterocycles. The molecule has 0 N–H and O–H groups in total. The second-order valence-electron chi connectivity index (χ2n) is 7.06. The zero-order chi connectivity index (χ0) is 26.8. The molecule has 1 atom stereocenters. The van der Waals surface area contributed by atoms with E-state index in [1.54, 1.807) is 0 Å². The monoisotopic (exact) mass is 469 g/mol. The first-order valence-electron chi connectivity index (χ1n) is 13.1. The highest BCUT2D eigenvalue weighted by molar-refractivity contribution is 6.02. The minimum absolute atomic E-state index is 0.344. The zero-order valence-electron chi connectivity index (χ0n) is 23.4. The predicted octanol–water partition coefficient (Wildman–Crippen LogP) is 11.1. The van der Waals surface area contributed by atoms with Crippen LogP contribution in [0.4, 0.5) is 0 Å². The lowest BCUT2D eigenvalue weighted by Crippen LogP contribution is -2.03. The SMILES string of the molecule is C=CC1=C(/C=C\C)C(C)c2c1c1ccccc1n2-c1ccccc1.C=CCC=C.CC.CC.CC. The predicted molar refractivity (Wildman–Crippen MR) is 163 cm³/mol. The highest BCUT2D eigenvalue weighted by Gasteiger charge is 2.32. The molecule has 0 spiro atoms. The summed E-state index contributed by atoms with van der Waals surface area (Å²) in [6.45, 7) is 27.4. The lowest BCUT2D eigenvalue weighted by atomic mass is 10.00. The maximum Gasteiger partial charge on any atom is 0.0538 e. The van der Waals surface area contributed by atoms with Crippen molar-refractivity contribution >= 4 is 16.5 Å². The highest BCUT2D eigenvalue weighted by Crippen LogP contribution is 2.48. The molecule has 0 saturated heterocycles. The summed E-state index contributed by atoms with van der Waals surface area (Å²) in [7, 11) is 0. The molecule has 35 heavy (non-hydrogen) atoms. The molecule has 1 unspecified atom stereocenters. The topological polar surface area (TPSA) is 4.93 Å². The van der Waals surface area contributed by atoms with E-state index in [0.717, 1.165) is 6.42 Å². The van der Waals surface area contributed by atoms with Crippen molar-refractivity contribution in [2.24, 2.45) is 0 Å². The number of fused-ring (bicyclic) bond motifs is 3. The van der Waals surface area contributed by atoms with Crippen LogP contribution in [0, 0.1) is 0 Å². The maximum atomic E-state index is 4.10. The molecule has 0 amide bonds. The van der Waals surface area contributed by atoms with E-state index in [4.69, 9.17) is 0 Å². The molecule has 1 heterocycles. The normalized spacial score (nSPS) is 13.1. The number of rotatable bonds is 5. The summed E-state index contributed by atoms with van der Waals surface area (Å²) in [5, 5.41) is 1.30. The van der Waals surface area contributed by atoms with Crippen molar-refractivity contribution in [2.75, 3.05) is 0 Å². The Morgan fingerprint density at radius 2 is 1.34 bits per heavy atom. The Balaban J connectivity index is 0.000000911. The summed E-state index contributed by atoms with van der Waals surface area (Å²) in [5.41, 5.74) is 7.80. The van der Waals surface area contributed by atoms with Gasteiger partial charge < -0.3 is 4.57 Å². The van der Waals surface area contributed by atoms with Crippen molar-refractivity contribution in [1.82, 2.24) is 4.57 Å². The standard InChI is InChI=1S/C23H21N.C5H8.3C2H6/c1-4-11-19-16(3)23-22(18(19)5-2)20-14-9-10-15-21(20)24(23)17-12-7-6-8-13-17;1-3-5-4-2;3*1-2/h4-16H,2H2,1,3H3;3-4H,1-2,5H2;3*1-2H3/b11-4-;;;;. The number of hydrogen-bond acceptors (Lipinski definition) is 0. The molecule has 0 bridgehead atoms. The van der Waals surface area contributed by atoms with Crippen LogP contribution in [0.1, 0.15) is 79.0 Å². The van der Waals surface area contributed by atoms with Gasteiger partial charge in [0.2, 0.25) is 0 Å². The second kappa shape index (κ2) is 18.1. The fourth-order valence-corrected chi connectivity index (χ4v) is 4.08. The third-order valence-corrected chi connectivity index (χ3v) is 5.27. The third-order valence-electron chi connectivity index (χ3n) is 5.27. The Bertz CT molecular complexity index is 1080. The van der Waals surface area contributed by atoms with E-state index in [1.807, 2.05) is 59.8 Å². The Kier molecular flexibility index (Phi) is 16.4. The van der Waals surface area contributed by atoms with E-state index >= 15 is 0 Å². The molecule has 1 aliphatic carbocycles. The van der Waals surface area contributed by atoms with Crippen molar-refractivity contribution in [3.05, 3.63) is 122 Å². The number of hydrogen-bond donors (Lipinski definition) is 0. The minimum atomic E-state index is 0.344. The van der Waals surface area contributed by atoms with Crippen LogP contribution in [0.25, 0.3) is 22.2 Å². The first-order chi connectivity index (χ1) is 17.2. The molecule has 4 rings (SSSR count). The first-order valence-corrected chi connectivity index (χ1v) is 13.1. The van der Waals surface area contributed by atoms with Crippen LogP contribution in [0.3, 0.4) is 0 Å². The molecule has 0 fully saturated rings. The van der Waals surface area contributed by atoms with Gasteiger partial charge in [0.05, 0.1) is 5.52 Å². The maximum absolute atomic E-state index is 4.10. The molecule has 188 valence electrons. The van der Waals surface area contributed by atoms with E-state index in [1.165, 1.54) is 39.0 Å². The quantitative estimate of drug-likeness (QED) is 0.327. The van der Waals surface area contributed by atoms with Crippen molar-refractivity contribution in [3.8, 4) is 5.69 Å². The summed E-state index contributed by atoms with van der Waals surface area (Å²) >= 11 is 0. The molecule has 0 radical (unpaired) electrons. The van der Waals surface area contributed by atoms with Gasteiger partial charge in [-0.25, -0.2) is 0 Å². The summed E-state index contributed by atoms with van der Waals surface area (Å²) < 4.78 is 2.41. The van der Waals surface area contributed by atoms with Gasteiger partial charge in [0, 0.05) is 28.2 Å². The van der Waals surface area contributed by atoms with E-state index in [2.05, 4.69) is 105 Å². The third kappa shape index (κ3) is 7.33. The smallest absolute Gasteiger partial charge is 0.0538 e. The van der Waals surface area contributed by atoms with Gasteiger partial charge >= 0.3 is 0 Å². The van der Waals surface area contributed by atoms with Gasteiger partial charge in [-0.15, -0.1) is 13.2 Å². The van der Waals surface area contributed by atoms with Gasteiger partial charge in [-0.2, -0.15) is 0 Å². The van der Waals surface area contributed by atoms with E-state index in [0.29, 0.717) is 5.92 Å². The minimum Gasteiger partial charge on any atom is -0.312 e. The average molecular weight is 470 g/mol. The van der Waals surface area contributed by atoms with Gasteiger partial charge in [-0.05, 0) is 42.7 Å². The Morgan fingerprint density at radius 3 is 1.83 bits per heavy atom. The van der Waals surface area contributed by atoms with Crippen LogP contribution in [-0.4, -0.2) is 4.57 Å². The van der Waals surface area contributed by atoms with Crippen LogP contribution in [0.2, 0.25) is 0 Å². The largest absolute Gasteiger partial charge is 0.312 e. The zero-order valence-corrected chi connectivity index (χ0v) is 23.4. The fourth-order valence-electron chi connectivity index (χ4n) is 4.08. The van der Waals surface area contributed by atoms with Crippen LogP contribution in [0.5, 0.6) is 0 Å². The van der Waals surface area contributed by atoms with E-state index in [9.17, 15) is 0 Å². The first kappa shape index (κ1) is 31.7. The Morgan fingerprint density at radius 1 is 0.800 bits per heavy atom. The molecule has 3 aromatic rings. The Hall–Kier alpha value is -3.32. The molecule has 1 heteroatoms. The fraction of sp³-hybridized carbons (Fsp3) is 0.294. The number of allylic oxidation sites excluding steroid dienone is 7. The number of para-hydroxylation sites is 2. The van der Waals surface area contributed by atoms with Gasteiger partial charge in [0.25, 0.3) is 0 Å². The number of benzene rings is 2. The van der Waals surface area contributed by atoms with Gasteiger partial charge in [0.1, 0.15) is 0 Å². The lowest BCUT2D eigenvalue weighted by Gasteiger charge is -2.15. The average Bonchev–Trinajstić information content (AvgIpc) is 3.41. The second-order valence-corrected chi connectivity index (χ2v) is 7.06. The van der Waals surface area contributed by atoms with Crippen molar-refractivity contribution in [3.63, 3.8) is 0 Å². The summed E-state index contributed by atoms with van der Waals surface area (Å²) in [6.07, 6.45) is 10.9. The van der Waals surface area contributed by atoms with Crippen LogP contribution in [-0.2, 0) is 0 Å². The summed E-state index contributed by atoms with van der Waals surface area (Å²) in [6, 6.07) is 19.3. The van der Waals surface area contributed by atoms with Crippen molar-refractivity contribution in [1.29, 1.82) is 0 Å². The van der Waals surface area contributed by atoms with Crippen molar-refractivity contribution < 1.29 is 0 Å². The molecule has 0 aliphatic heterocycles. The van der Waals surface area contributed by atoms with Crippen LogP contribution in [0.15, 0.2) is 110 Å². The number of nitrogens with zero attached hydrogens (tertiary/aromatic N) is 1. The van der Waals surface area contributed by atoms with Crippen LogP contribution >= 0.6 is 0 Å². The molecular formula is C34H47N. The van der Waals surface area contributed by atoms with Crippen LogP contribution < -0.4 is 0 Å². The summed E-state index contributed by atoms with van der Waals surface area (Å²) in [5.74, 6) is 0.344. The summed E-state index contributed by atoms with van der Waals surface area (Å²) in [4.78, 5) is 0. The Labute approximate surface area is 215 Å². The number of aromatic nitrogens is 1. The van der Waals surface area contributed by atoms with Crippen molar-refractivity contribution in [2.45, 2.75) is 67.7 Å². The van der Waals surface area contributed by atoms with Gasteiger partial charge in [0.15, 0.2) is 0 Å².